The van der Waals surface area contributed by atoms with Crippen LogP contribution in [0.3, 0.4) is 0 Å². The number of hydrogen-bond acceptors (Lipinski definition) is 3. The highest BCUT2D eigenvalue weighted by Gasteiger charge is 2.21. The molecule has 2 aromatic rings. The maximum atomic E-state index is 10.3. The monoisotopic (exact) mass is 285 g/mol. The van der Waals surface area contributed by atoms with E-state index in [1.54, 1.807) is 0 Å². The maximum Gasteiger partial charge on any atom is 0.120 e. The van der Waals surface area contributed by atoms with Gasteiger partial charge in [0.1, 0.15) is 5.75 Å². The molecule has 1 aliphatic heterocycles. The van der Waals surface area contributed by atoms with Gasteiger partial charge in [-0.3, -0.25) is 4.90 Å². The second-order valence-corrected chi connectivity index (χ2v) is 5.74. The quantitative estimate of drug-likeness (QED) is 0.932. The van der Waals surface area contributed by atoms with Gasteiger partial charge in [0.05, 0.1) is 6.10 Å². The number of piperidine rings is 1. The highest BCUT2D eigenvalue weighted by atomic mass is 16.5. The van der Waals surface area contributed by atoms with E-state index in [2.05, 4.69) is 24.0 Å². The zero-order valence-corrected chi connectivity index (χ0v) is 12.6. The number of rotatable bonds is 4. The normalized spacial score (nSPS) is 20.0. The van der Waals surface area contributed by atoms with Crippen molar-refractivity contribution in [3.05, 3.63) is 42.0 Å². The number of likely N-dealkylation sites (tertiary alicyclic amines) is 1. The molecule has 1 heterocycles. The van der Waals surface area contributed by atoms with E-state index in [1.807, 2.05) is 24.3 Å². The van der Waals surface area contributed by atoms with Gasteiger partial charge in [-0.05, 0) is 43.1 Å². The molecule has 1 atom stereocenters. The molecule has 1 N–H and O–H groups in total. The Kier molecular flexibility index (Phi) is 4.42. The van der Waals surface area contributed by atoms with Crippen LogP contribution in [-0.4, -0.2) is 35.8 Å². The van der Waals surface area contributed by atoms with Crippen molar-refractivity contribution in [2.75, 3.05) is 19.7 Å². The van der Waals surface area contributed by atoms with Gasteiger partial charge in [0.2, 0.25) is 0 Å². The zero-order chi connectivity index (χ0) is 14.7. The van der Waals surface area contributed by atoms with Crippen molar-refractivity contribution in [2.45, 2.75) is 32.4 Å². The summed E-state index contributed by atoms with van der Waals surface area (Å²) < 4.78 is 5.76. The molecule has 0 saturated carbocycles. The van der Waals surface area contributed by atoms with Crippen molar-refractivity contribution in [1.29, 1.82) is 0 Å². The van der Waals surface area contributed by atoms with Crippen LogP contribution in [0.25, 0.3) is 10.8 Å². The minimum absolute atomic E-state index is 0.334. The van der Waals surface area contributed by atoms with E-state index in [-0.39, 0.29) is 0 Å². The van der Waals surface area contributed by atoms with Crippen molar-refractivity contribution < 1.29 is 9.84 Å². The Bertz CT molecular complexity index is 609. The van der Waals surface area contributed by atoms with E-state index in [9.17, 15) is 5.11 Å². The fourth-order valence-corrected chi connectivity index (χ4v) is 3.24. The molecule has 0 amide bonds. The Labute approximate surface area is 126 Å². The van der Waals surface area contributed by atoms with Gasteiger partial charge in [0.15, 0.2) is 0 Å². The SMILES string of the molecule is CCOC1CCCN(Cc2c(O)ccc3ccccc23)C1. The van der Waals surface area contributed by atoms with Crippen molar-refractivity contribution in [3.8, 4) is 5.75 Å². The predicted molar refractivity (Wildman–Crippen MR) is 85.5 cm³/mol. The molecule has 2 aromatic carbocycles. The summed E-state index contributed by atoms with van der Waals surface area (Å²) in [6, 6.07) is 12.0. The highest BCUT2D eigenvalue weighted by Crippen LogP contribution is 2.29. The average molecular weight is 285 g/mol. The fraction of sp³-hybridized carbons (Fsp3) is 0.444. The smallest absolute Gasteiger partial charge is 0.120 e. The molecule has 21 heavy (non-hydrogen) atoms. The lowest BCUT2D eigenvalue weighted by atomic mass is 10.0. The first-order valence-electron chi connectivity index (χ1n) is 7.81. The summed E-state index contributed by atoms with van der Waals surface area (Å²) in [6.07, 6.45) is 2.64. The second kappa shape index (κ2) is 6.46. The molecule has 1 unspecified atom stereocenters. The van der Waals surface area contributed by atoms with Crippen LogP contribution in [0.2, 0.25) is 0 Å². The zero-order valence-electron chi connectivity index (χ0n) is 12.6. The van der Waals surface area contributed by atoms with Gasteiger partial charge in [-0.1, -0.05) is 30.3 Å². The summed E-state index contributed by atoms with van der Waals surface area (Å²) in [5.74, 6) is 0.396. The lowest BCUT2D eigenvalue weighted by Gasteiger charge is -2.32. The molecule has 0 aliphatic carbocycles. The van der Waals surface area contributed by atoms with E-state index in [1.165, 1.54) is 5.39 Å². The molecule has 0 aromatic heterocycles. The fourth-order valence-electron chi connectivity index (χ4n) is 3.24. The highest BCUT2D eigenvalue weighted by molar-refractivity contribution is 5.87. The van der Waals surface area contributed by atoms with Crippen molar-refractivity contribution in [1.82, 2.24) is 4.90 Å². The van der Waals surface area contributed by atoms with Gasteiger partial charge in [-0.15, -0.1) is 0 Å². The number of phenolic OH excluding ortho intramolecular Hbond substituents is 1. The van der Waals surface area contributed by atoms with E-state index >= 15 is 0 Å². The van der Waals surface area contributed by atoms with Gasteiger partial charge >= 0.3 is 0 Å². The number of phenols is 1. The van der Waals surface area contributed by atoms with Crippen molar-refractivity contribution >= 4 is 10.8 Å². The van der Waals surface area contributed by atoms with Crippen LogP contribution < -0.4 is 0 Å². The minimum Gasteiger partial charge on any atom is -0.508 e. The number of benzene rings is 2. The molecule has 112 valence electrons. The summed E-state index contributed by atoms with van der Waals surface area (Å²) in [5, 5.41) is 12.6. The standard InChI is InChI=1S/C18H23NO2/c1-2-21-15-7-5-11-19(12-15)13-17-16-8-4-3-6-14(16)9-10-18(17)20/h3-4,6,8-10,15,20H,2,5,7,11-13H2,1H3. The Morgan fingerprint density at radius 2 is 2.10 bits per heavy atom. The summed E-state index contributed by atoms with van der Waals surface area (Å²) in [4.78, 5) is 2.39. The molecular weight excluding hydrogens is 262 g/mol. The van der Waals surface area contributed by atoms with Gasteiger partial charge < -0.3 is 9.84 Å². The molecule has 3 rings (SSSR count). The number of nitrogens with zero attached hydrogens (tertiary/aromatic N) is 1. The molecule has 1 saturated heterocycles. The summed E-state index contributed by atoms with van der Waals surface area (Å²) in [5.41, 5.74) is 1.03. The molecular formula is C18H23NO2. The van der Waals surface area contributed by atoms with Gasteiger partial charge in [-0.2, -0.15) is 0 Å². The van der Waals surface area contributed by atoms with E-state index in [4.69, 9.17) is 4.74 Å². The average Bonchev–Trinajstić information content (AvgIpc) is 2.51. The largest absolute Gasteiger partial charge is 0.508 e. The molecule has 0 spiro atoms. The number of aromatic hydroxyl groups is 1. The van der Waals surface area contributed by atoms with Crippen LogP contribution in [0.1, 0.15) is 25.3 Å². The molecule has 3 nitrogen and oxygen atoms in total. The molecule has 0 radical (unpaired) electrons. The van der Waals surface area contributed by atoms with Crippen LogP contribution in [0, 0.1) is 0 Å². The van der Waals surface area contributed by atoms with E-state index in [0.29, 0.717) is 11.9 Å². The van der Waals surface area contributed by atoms with Gasteiger partial charge in [-0.25, -0.2) is 0 Å². The first-order chi connectivity index (χ1) is 10.3. The van der Waals surface area contributed by atoms with Gasteiger partial charge in [0.25, 0.3) is 0 Å². The number of fused-ring (bicyclic) bond motifs is 1. The number of ether oxygens (including phenoxy) is 1. The van der Waals surface area contributed by atoms with Crippen LogP contribution in [0.4, 0.5) is 0 Å². The van der Waals surface area contributed by atoms with E-state index < -0.39 is 0 Å². The lowest BCUT2D eigenvalue weighted by Crippen LogP contribution is -2.39. The third kappa shape index (κ3) is 3.20. The second-order valence-electron chi connectivity index (χ2n) is 5.74. The first-order valence-corrected chi connectivity index (χ1v) is 7.81. The third-order valence-electron chi connectivity index (χ3n) is 4.26. The number of hydrogen-bond donors (Lipinski definition) is 1. The summed E-state index contributed by atoms with van der Waals surface area (Å²) in [6.45, 7) is 5.65. The van der Waals surface area contributed by atoms with Crippen LogP contribution in [-0.2, 0) is 11.3 Å². The van der Waals surface area contributed by atoms with E-state index in [0.717, 1.165) is 50.0 Å². The van der Waals surface area contributed by atoms with Crippen LogP contribution in [0.5, 0.6) is 5.75 Å². The summed E-state index contributed by atoms with van der Waals surface area (Å²) in [7, 11) is 0. The molecule has 1 fully saturated rings. The Hall–Kier alpha value is -1.58. The summed E-state index contributed by atoms with van der Waals surface area (Å²) >= 11 is 0. The maximum absolute atomic E-state index is 10.3. The van der Waals surface area contributed by atoms with Gasteiger partial charge in [0, 0.05) is 25.3 Å². The molecule has 1 aliphatic rings. The Morgan fingerprint density at radius 3 is 2.95 bits per heavy atom. The molecule has 3 heteroatoms. The van der Waals surface area contributed by atoms with Crippen molar-refractivity contribution in [3.63, 3.8) is 0 Å². The Morgan fingerprint density at radius 1 is 1.24 bits per heavy atom. The van der Waals surface area contributed by atoms with Crippen LogP contribution >= 0.6 is 0 Å². The molecule has 0 bridgehead atoms. The predicted octanol–water partition coefficient (Wildman–Crippen LogP) is 3.55. The van der Waals surface area contributed by atoms with Crippen LogP contribution in [0.15, 0.2) is 36.4 Å². The Balaban J connectivity index is 1.82. The minimum atomic E-state index is 0.334. The topological polar surface area (TPSA) is 32.7 Å². The third-order valence-corrected chi connectivity index (χ3v) is 4.26. The lowest BCUT2D eigenvalue weighted by molar-refractivity contribution is 0.00357. The first kappa shape index (κ1) is 14.4. The van der Waals surface area contributed by atoms with Crippen molar-refractivity contribution in [2.24, 2.45) is 0 Å².